The van der Waals surface area contributed by atoms with Crippen LogP contribution in [0.4, 0.5) is 5.69 Å². The van der Waals surface area contributed by atoms with Crippen LogP contribution in [0.1, 0.15) is 61.0 Å². The van der Waals surface area contributed by atoms with Gasteiger partial charge in [0.15, 0.2) is 0 Å². The molecule has 32 heavy (non-hydrogen) atoms. The van der Waals surface area contributed by atoms with Crippen molar-refractivity contribution >= 4 is 23.9 Å². The molecule has 0 aromatic heterocycles. The molecule has 0 heterocycles. The minimum Gasteiger partial charge on any atom is -0.373 e. The Hall–Kier alpha value is -3.00. The highest BCUT2D eigenvalue weighted by Crippen LogP contribution is 2.16. The summed E-state index contributed by atoms with van der Waals surface area (Å²) in [7, 11) is 0. The minimum absolute atomic E-state index is 0.309. The van der Waals surface area contributed by atoms with Crippen LogP contribution < -0.4 is 15.8 Å². The van der Waals surface area contributed by atoms with E-state index in [0.29, 0.717) is 5.56 Å². The Kier molecular flexibility index (Phi) is 11.2. The molecule has 172 valence electrons. The summed E-state index contributed by atoms with van der Waals surface area (Å²) in [6.07, 6.45) is 8.21. The Morgan fingerprint density at radius 2 is 1.59 bits per heavy atom. The van der Waals surface area contributed by atoms with Gasteiger partial charge in [-0.2, -0.15) is 10.6 Å². The predicted octanol–water partition coefficient (Wildman–Crippen LogP) is 4.17. The third-order valence-electron chi connectivity index (χ3n) is 4.98. The summed E-state index contributed by atoms with van der Waals surface area (Å²) in [5.41, 5.74) is 7.63. The van der Waals surface area contributed by atoms with Gasteiger partial charge in [0.2, 0.25) is 0 Å². The normalized spacial score (nSPS) is 12.4. The van der Waals surface area contributed by atoms with Gasteiger partial charge in [-0.25, -0.2) is 5.43 Å². The van der Waals surface area contributed by atoms with Gasteiger partial charge in [0, 0.05) is 24.3 Å². The van der Waals surface area contributed by atoms with E-state index in [1.165, 1.54) is 37.4 Å². The van der Waals surface area contributed by atoms with Crippen molar-refractivity contribution in [2.75, 3.05) is 18.0 Å². The van der Waals surface area contributed by atoms with Crippen LogP contribution in [0.2, 0.25) is 0 Å². The summed E-state index contributed by atoms with van der Waals surface area (Å²) in [6, 6.07) is 15.0. The van der Waals surface area contributed by atoms with E-state index in [4.69, 9.17) is 5.21 Å². The van der Waals surface area contributed by atoms with Crippen molar-refractivity contribution in [2.45, 2.75) is 45.8 Å². The van der Waals surface area contributed by atoms with Gasteiger partial charge >= 0.3 is 0 Å². The topological polar surface area (TPSA) is 97.2 Å². The van der Waals surface area contributed by atoms with E-state index < -0.39 is 6.23 Å². The summed E-state index contributed by atoms with van der Waals surface area (Å²) < 4.78 is 0. The zero-order chi connectivity index (χ0) is 23.2. The number of nitrogens with zero attached hydrogens (tertiary/aromatic N) is 2. The molecule has 0 spiro atoms. The van der Waals surface area contributed by atoms with E-state index >= 15 is 0 Å². The fourth-order valence-electron chi connectivity index (χ4n) is 3.06. The molecule has 1 unspecified atom stereocenters. The zero-order valence-corrected chi connectivity index (χ0v) is 18.9. The van der Waals surface area contributed by atoms with Crippen molar-refractivity contribution in [3.05, 3.63) is 71.3 Å². The average Bonchev–Trinajstić information content (AvgIpc) is 2.83. The van der Waals surface area contributed by atoms with Crippen molar-refractivity contribution < 1.29 is 15.1 Å². The number of hydrogen-bond acceptors (Lipinski definition) is 6. The van der Waals surface area contributed by atoms with Crippen molar-refractivity contribution in [1.82, 2.24) is 10.9 Å². The molecule has 0 aliphatic carbocycles. The molecule has 2 rings (SSSR count). The molecule has 0 fully saturated rings. The second-order valence-electron chi connectivity index (χ2n) is 7.54. The SMILES string of the molecule is CCCCN(CCCC)c1ccc(C=NNC(=O)c2ccc(C=CC(O)NO)cc2)cc1. The molecule has 2 aromatic carbocycles. The van der Waals surface area contributed by atoms with Crippen LogP contribution in [0.15, 0.2) is 59.7 Å². The Balaban J connectivity index is 1.91. The molecule has 7 heteroatoms. The first-order valence-corrected chi connectivity index (χ1v) is 11.1. The molecule has 0 bridgehead atoms. The van der Waals surface area contributed by atoms with E-state index in [0.717, 1.165) is 24.2 Å². The van der Waals surface area contributed by atoms with Crippen LogP contribution in [0, 0.1) is 0 Å². The molecule has 7 nitrogen and oxygen atoms in total. The Bertz CT molecular complexity index is 856. The van der Waals surface area contributed by atoms with E-state index in [-0.39, 0.29) is 5.91 Å². The highest BCUT2D eigenvalue weighted by molar-refractivity contribution is 5.95. The number of aliphatic hydroxyl groups is 1. The number of rotatable bonds is 13. The maximum absolute atomic E-state index is 12.3. The molecule has 0 aliphatic heterocycles. The van der Waals surface area contributed by atoms with Gasteiger partial charge in [0.25, 0.3) is 5.91 Å². The van der Waals surface area contributed by atoms with Gasteiger partial charge in [0.1, 0.15) is 6.23 Å². The maximum Gasteiger partial charge on any atom is 0.271 e. The standard InChI is InChI=1S/C25H34N4O3/c1-3-5-17-29(18-6-4-2)23-14-9-21(10-15-23)19-26-27-25(31)22-12-7-20(8-13-22)11-16-24(30)28-32/h7-16,19,24,28,30,32H,3-6,17-18H2,1-2H3,(H,27,31). The number of benzene rings is 2. The number of unbranched alkanes of at least 4 members (excludes halogenated alkanes) is 2. The van der Waals surface area contributed by atoms with Crippen molar-refractivity contribution in [3.8, 4) is 0 Å². The molecule has 0 saturated heterocycles. The first-order chi connectivity index (χ1) is 15.6. The van der Waals surface area contributed by atoms with Crippen LogP contribution in [0.3, 0.4) is 0 Å². The summed E-state index contributed by atoms with van der Waals surface area (Å²) in [4.78, 5) is 14.7. The number of carbonyl (C=O) groups excluding carboxylic acids is 1. The lowest BCUT2D eigenvalue weighted by Gasteiger charge is -2.24. The highest BCUT2D eigenvalue weighted by atomic mass is 16.5. The molecule has 2 aromatic rings. The average molecular weight is 439 g/mol. The lowest BCUT2D eigenvalue weighted by Crippen LogP contribution is -2.25. The number of amides is 1. The number of aliphatic hydroxyl groups excluding tert-OH is 1. The van der Waals surface area contributed by atoms with Crippen LogP contribution in [-0.4, -0.2) is 41.8 Å². The Morgan fingerprint density at radius 1 is 1.00 bits per heavy atom. The van der Waals surface area contributed by atoms with E-state index in [1.54, 1.807) is 42.0 Å². The lowest BCUT2D eigenvalue weighted by molar-refractivity contribution is 0.0323. The quantitative estimate of drug-likeness (QED) is 0.214. The van der Waals surface area contributed by atoms with Gasteiger partial charge in [-0.05, 0) is 54.3 Å². The molecule has 4 N–H and O–H groups in total. The van der Waals surface area contributed by atoms with Crippen LogP contribution >= 0.6 is 0 Å². The van der Waals surface area contributed by atoms with Crippen molar-refractivity contribution in [2.24, 2.45) is 5.10 Å². The maximum atomic E-state index is 12.3. The predicted molar refractivity (Wildman–Crippen MR) is 130 cm³/mol. The number of hydrazone groups is 1. The van der Waals surface area contributed by atoms with Crippen LogP contribution in [0.25, 0.3) is 6.08 Å². The number of nitrogens with one attached hydrogen (secondary N) is 2. The number of hydrogen-bond donors (Lipinski definition) is 4. The second-order valence-corrected chi connectivity index (χ2v) is 7.54. The van der Waals surface area contributed by atoms with Gasteiger partial charge in [-0.15, -0.1) is 0 Å². The molecule has 1 atom stereocenters. The number of carbonyl (C=O) groups is 1. The minimum atomic E-state index is -1.14. The molecule has 1 amide bonds. The molecular weight excluding hydrogens is 404 g/mol. The summed E-state index contributed by atoms with van der Waals surface area (Å²) in [5, 5.41) is 21.9. The van der Waals surface area contributed by atoms with E-state index in [1.807, 2.05) is 12.1 Å². The van der Waals surface area contributed by atoms with E-state index in [2.05, 4.69) is 41.4 Å². The smallest absolute Gasteiger partial charge is 0.271 e. The fourth-order valence-corrected chi connectivity index (χ4v) is 3.06. The molecule has 0 radical (unpaired) electrons. The molecule has 0 aliphatic rings. The number of anilines is 1. The number of hydroxylamine groups is 1. The molecular formula is C25H34N4O3. The first kappa shape index (κ1) is 25.3. The van der Waals surface area contributed by atoms with Crippen LogP contribution in [0.5, 0.6) is 0 Å². The van der Waals surface area contributed by atoms with Gasteiger partial charge in [-0.3, -0.25) is 4.79 Å². The van der Waals surface area contributed by atoms with E-state index in [9.17, 15) is 9.90 Å². The summed E-state index contributed by atoms with van der Waals surface area (Å²) in [6.45, 7) is 6.54. The highest BCUT2D eigenvalue weighted by Gasteiger charge is 2.06. The lowest BCUT2D eigenvalue weighted by atomic mass is 10.1. The van der Waals surface area contributed by atoms with Crippen molar-refractivity contribution in [1.29, 1.82) is 0 Å². The van der Waals surface area contributed by atoms with Crippen LogP contribution in [-0.2, 0) is 0 Å². The Labute approximate surface area is 190 Å². The third-order valence-corrected chi connectivity index (χ3v) is 4.98. The fraction of sp³-hybridized carbons (Fsp3) is 0.360. The molecule has 0 saturated carbocycles. The third kappa shape index (κ3) is 8.63. The zero-order valence-electron chi connectivity index (χ0n) is 18.9. The first-order valence-electron chi connectivity index (χ1n) is 11.1. The summed E-state index contributed by atoms with van der Waals surface area (Å²) >= 11 is 0. The van der Waals surface area contributed by atoms with Gasteiger partial charge < -0.3 is 15.2 Å². The monoisotopic (exact) mass is 438 g/mol. The van der Waals surface area contributed by atoms with Crippen molar-refractivity contribution in [3.63, 3.8) is 0 Å². The van der Waals surface area contributed by atoms with Gasteiger partial charge in [0.05, 0.1) is 6.21 Å². The van der Waals surface area contributed by atoms with Gasteiger partial charge in [-0.1, -0.05) is 57.0 Å². The Morgan fingerprint density at radius 3 is 2.16 bits per heavy atom. The summed E-state index contributed by atoms with van der Waals surface area (Å²) in [5.74, 6) is -0.309. The largest absolute Gasteiger partial charge is 0.373 e. The second kappa shape index (κ2) is 14.1.